The molecule has 176 valence electrons. The van der Waals surface area contributed by atoms with Gasteiger partial charge in [-0.15, -0.1) is 0 Å². The summed E-state index contributed by atoms with van der Waals surface area (Å²) in [5.41, 5.74) is 0. The summed E-state index contributed by atoms with van der Waals surface area (Å²) < 4.78 is 29.5. The van der Waals surface area contributed by atoms with E-state index in [9.17, 15) is 4.57 Å². The van der Waals surface area contributed by atoms with Gasteiger partial charge in [0.15, 0.2) is 0 Å². The lowest BCUT2D eigenvalue weighted by Crippen LogP contribution is -2.04. The highest BCUT2D eigenvalue weighted by atomic mass is 31.2. The lowest BCUT2D eigenvalue weighted by molar-refractivity contribution is 0.109. The van der Waals surface area contributed by atoms with E-state index < -0.39 is 7.82 Å². The Morgan fingerprint density at radius 2 is 0.931 bits per heavy atom. The Labute approximate surface area is 182 Å². The molecule has 0 aromatic heterocycles. The molecular formula is C24H51O4P. The van der Waals surface area contributed by atoms with Crippen LogP contribution in [0, 0.1) is 5.92 Å². The predicted octanol–water partition coefficient (Wildman–Crippen LogP) is 9.08. The molecule has 0 aromatic rings. The van der Waals surface area contributed by atoms with Crippen molar-refractivity contribution in [1.82, 2.24) is 0 Å². The van der Waals surface area contributed by atoms with Gasteiger partial charge in [0.05, 0.1) is 19.8 Å². The highest BCUT2D eigenvalue weighted by Crippen LogP contribution is 2.49. The Hall–Kier alpha value is 0.110. The van der Waals surface area contributed by atoms with Crippen molar-refractivity contribution in [2.24, 2.45) is 5.92 Å². The third-order valence-corrected chi connectivity index (χ3v) is 6.67. The molecule has 0 saturated carbocycles. The molecular weight excluding hydrogens is 383 g/mol. The van der Waals surface area contributed by atoms with E-state index in [1.165, 1.54) is 64.2 Å². The maximum absolute atomic E-state index is 12.8. The Morgan fingerprint density at radius 1 is 0.552 bits per heavy atom. The van der Waals surface area contributed by atoms with Crippen molar-refractivity contribution in [2.45, 2.75) is 130 Å². The summed E-state index contributed by atoms with van der Waals surface area (Å²) in [6.45, 7) is 10.2. The van der Waals surface area contributed by atoms with Crippen molar-refractivity contribution >= 4 is 7.82 Å². The molecule has 0 aliphatic carbocycles. The van der Waals surface area contributed by atoms with Gasteiger partial charge in [-0.05, 0) is 25.2 Å². The molecule has 5 heteroatoms. The van der Waals surface area contributed by atoms with Gasteiger partial charge in [0.1, 0.15) is 0 Å². The first-order valence-electron chi connectivity index (χ1n) is 12.6. The first-order chi connectivity index (χ1) is 14.0. The maximum atomic E-state index is 12.8. The van der Waals surface area contributed by atoms with Crippen molar-refractivity contribution in [1.29, 1.82) is 0 Å². The molecule has 0 radical (unpaired) electrons. The highest BCUT2D eigenvalue weighted by molar-refractivity contribution is 7.48. The van der Waals surface area contributed by atoms with Crippen molar-refractivity contribution in [3.05, 3.63) is 0 Å². The van der Waals surface area contributed by atoms with E-state index in [4.69, 9.17) is 13.6 Å². The van der Waals surface area contributed by atoms with E-state index in [2.05, 4.69) is 27.7 Å². The van der Waals surface area contributed by atoms with Gasteiger partial charge >= 0.3 is 7.82 Å². The van der Waals surface area contributed by atoms with Crippen LogP contribution in [0.3, 0.4) is 0 Å². The minimum Gasteiger partial charge on any atom is -0.287 e. The lowest BCUT2D eigenvalue weighted by Gasteiger charge is -2.18. The Balaban J connectivity index is 3.85. The van der Waals surface area contributed by atoms with E-state index in [0.29, 0.717) is 19.8 Å². The molecule has 0 aromatic carbocycles. The molecule has 0 amide bonds. The fraction of sp³-hybridized carbons (Fsp3) is 1.00. The van der Waals surface area contributed by atoms with Gasteiger partial charge in [-0.25, -0.2) is 4.57 Å². The molecule has 0 spiro atoms. The van der Waals surface area contributed by atoms with Gasteiger partial charge in [-0.1, -0.05) is 111 Å². The third kappa shape index (κ3) is 21.1. The van der Waals surface area contributed by atoms with Gasteiger partial charge in [0, 0.05) is 0 Å². The van der Waals surface area contributed by atoms with E-state index in [-0.39, 0.29) is 0 Å². The van der Waals surface area contributed by atoms with Crippen molar-refractivity contribution in [2.75, 3.05) is 19.8 Å². The fourth-order valence-electron chi connectivity index (χ4n) is 3.21. The highest BCUT2D eigenvalue weighted by Gasteiger charge is 2.26. The average molecular weight is 435 g/mol. The van der Waals surface area contributed by atoms with E-state index in [1.54, 1.807) is 0 Å². The van der Waals surface area contributed by atoms with Crippen LogP contribution in [0.25, 0.3) is 0 Å². The van der Waals surface area contributed by atoms with Gasteiger partial charge in [0.2, 0.25) is 0 Å². The molecule has 29 heavy (non-hydrogen) atoms. The first kappa shape index (κ1) is 29.1. The summed E-state index contributed by atoms with van der Waals surface area (Å²) in [6, 6.07) is 0. The molecule has 1 unspecified atom stereocenters. The van der Waals surface area contributed by atoms with Crippen molar-refractivity contribution in [3.8, 4) is 0 Å². The number of unbranched alkanes of at least 4 members (excludes halogenated alkanes) is 12. The van der Waals surface area contributed by atoms with Crippen LogP contribution in [-0.4, -0.2) is 19.8 Å². The zero-order valence-corrected chi connectivity index (χ0v) is 21.0. The number of phosphoric ester groups is 1. The minimum absolute atomic E-state index is 0.444. The molecule has 4 nitrogen and oxygen atoms in total. The van der Waals surface area contributed by atoms with Crippen LogP contribution in [0.2, 0.25) is 0 Å². The second-order valence-electron chi connectivity index (χ2n) is 8.73. The number of hydrogen-bond acceptors (Lipinski definition) is 4. The molecule has 0 N–H and O–H groups in total. The predicted molar refractivity (Wildman–Crippen MR) is 126 cm³/mol. The smallest absolute Gasteiger partial charge is 0.287 e. The van der Waals surface area contributed by atoms with E-state index in [1.807, 2.05) is 0 Å². The van der Waals surface area contributed by atoms with Gasteiger partial charge in [-0.2, -0.15) is 0 Å². The molecule has 0 heterocycles. The summed E-state index contributed by atoms with van der Waals surface area (Å²) in [6.07, 6.45) is 19.1. The third-order valence-electron chi connectivity index (χ3n) is 5.17. The van der Waals surface area contributed by atoms with Crippen LogP contribution in [0.5, 0.6) is 0 Å². The lowest BCUT2D eigenvalue weighted by atomic mass is 10.1. The first-order valence-corrected chi connectivity index (χ1v) is 14.0. The normalized spacial score (nSPS) is 13.8. The molecule has 0 saturated heterocycles. The number of rotatable bonds is 23. The largest absolute Gasteiger partial charge is 0.474 e. The van der Waals surface area contributed by atoms with E-state index in [0.717, 1.165) is 44.4 Å². The van der Waals surface area contributed by atoms with Crippen molar-refractivity contribution in [3.63, 3.8) is 0 Å². The summed E-state index contributed by atoms with van der Waals surface area (Å²) in [5, 5.41) is 0. The molecule has 0 fully saturated rings. The van der Waals surface area contributed by atoms with Crippen LogP contribution in [0.15, 0.2) is 0 Å². The zero-order chi connectivity index (χ0) is 21.6. The minimum atomic E-state index is -3.39. The standard InChI is InChI=1S/C24H51O4P/c1-5-7-9-10-11-12-13-14-15-18-22-27-29(25,26-21-8-6-2)28-23-19-16-17-20-24(3)4/h24H,5-23H2,1-4H3. The molecule has 0 rings (SSSR count). The molecule has 0 aliphatic rings. The Kier molecular flexibility index (Phi) is 21.4. The summed E-state index contributed by atoms with van der Waals surface area (Å²) in [4.78, 5) is 0. The van der Waals surface area contributed by atoms with Crippen LogP contribution >= 0.6 is 7.82 Å². The van der Waals surface area contributed by atoms with Gasteiger partial charge in [0.25, 0.3) is 0 Å². The van der Waals surface area contributed by atoms with Gasteiger partial charge < -0.3 is 0 Å². The molecule has 0 bridgehead atoms. The second kappa shape index (κ2) is 21.3. The number of phosphoric acid groups is 1. The van der Waals surface area contributed by atoms with Crippen LogP contribution < -0.4 is 0 Å². The topological polar surface area (TPSA) is 44.8 Å². The fourth-order valence-corrected chi connectivity index (χ4v) is 4.49. The zero-order valence-electron chi connectivity index (χ0n) is 20.1. The summed E-state index contributed by atoms with van der Waals surface area (Å²) in [7, 11) is -3.39. The van der Waals surface area contributed by atoms with Crippen molar-refractivity contribution < 1.29 is 18.1 Å². The second-order valence-corrected chi connectivity index (χ2v) is 10.4. The Morgan fingerprint density at radius 3 is 1.38 bits per heavy atom. The summed E-state index contributed by atoms with van der Waals surface area (Å²) >= 11 is 0. The quantitative estimate of drug-likeness (QED) is 0.119. The average Bonchev–Trinajstić information content (AvgIpc) is 2.69. The maximum Gasteiger partial charge on any atom is 0.474 e. The van der Waals surface area contributed by atoms with Gasteiger partial charge in [-0.3, -0.25) is 13.6 Å². The molecule has 0 aliphatic heterocycles. The Bertz CT molecular complexity index is 374. The molecule has 1 atom stereocenters. The van der Waals surface area contributed by atoms with Crippen LogP contribution in [0.1, 0.15) is 130 Å². The SMILES string of the molecule is CCCCCCCCCCCCOP(=O)(OCCCC)OCCCCCC(C)C. The van der Waals surface area contributed by atoms with Crippen LogP contribution in [-0.2, 0) is 18.1 Å². The van der Waals surface area contributed by atoms with E-state index >= 15 is 0 Å². The number of hydrogen-bond donors (Lipinski definition) is 0. The monoisotopic (exact) mass is 434 g/mol. The van der Waals surface area contributed by atoms with Crippen LogP contribution in [0.4, 0.5) is 0 Å². The summed E-state index contributed by atoms with van der Waals surface area (Å²) in [5.74, 6) is 0.740.